The zero-order valence-electron chi connectivity index (χ0n) is 17.7. The minimum atomic E-state index is -0.960. The maximum Gasteiger partial charge on any atom is 0.160 e. The van der Waals surface area contributed by atoms with E-state index in [1.54, 1.807) is 18.2 Å². The number of hydrogen-bond acceptors (Lipinski definition) is 8. The lowest BCUT2D eigenvalue weighted by Crippen LogP contribution is -2.36. The molecular weight excluding hydrogens is 446 g/mol. The summed E-state index contributed by atoms with van der Waals surface area (Å²) < 4.78 is 33.5. The summed E-state index contributed by atoms with van der Waals surface area (Å²) in [7, 11) is 0. The third-order valence-electron chi connectivity index (χ3n) is 6.13. The summed E-state index contributed by atoms with van der Waals surface area (Å²) in [5.74, 6) is 2.77. The van der Waals surface area contributed by atoms with Crippen LogP contribution < -0.4 is 15.8 Å². The molecule has 2 aromatic heterocycles. The number of fused-ring (bicyclic) bond motifs is 2. The number of amidine groups is 1. The Morgan fingerprint density at radius 2 is 2.18 bits per heavy atom. The first-order chi connectivity index (χ1) is 15.9. The number of nitrogens with zero attached hydrogens (tertiary/aromatic N) is 4. The quantitative estimate of drug-likeness (QED) is 0.531. The van der Waals surface area contributed by atoms with E-state index in [2.05, 4.69) is 31.2 Å². The Hall–Kier alpha value is -3.45. The summed E-state index contributed by atoms with van der Waals surface area (Å²) in [6.07, 6.45) is 8.75. The predicted octanol–water partition coefficient (Wildman–Crippen LogP) is 3.92. The summed E-state index contributed by atoms with van der Waals surface area (Å²) in [4.78, 5) is 17.5. The number of aromatic nitrogens is 3. The average Bonchev–Trinajstić information content (AvgIpc) is 3.55. The first-order valence-electron chi connectivity index (χ1n) is 10.2. The molecule has 168 valence electrons. The number of nitrogens with one attached hydrogen (secondary N) is 1. The second-order valence-corrected chi connectivity index (χ2v) is 9.66. The number of aliphatic imine (C=N–C) groups is 1. The first-order valence-corrected chi connectivity index (χ1v) is 11.0. The number of ether oxygens (including phenoxy) is 1. The minimum absolute atomic E-state index is 0.122. The van der Waals surface area contributed by atoms with E-state index in [0.29, 0.717) is 40.3 Å². The van der Waals surface area contributed by atoms with Gasteiger partial charge >= 0.3 is 0 Å². The summed E-state index contributed by atoms with van der Waals surface area (Å²) in [5, 5.41) is 3.46. The van der Waals surface area contributed by atoms with Crippen LogP contribution in [0.25, 0.3) is 11.0 Å². The van der Waals surface area contributed by atoms with Gasteiger partial charge in [0.15, 0.2) is 11.0 Å². The molecule has 33 heavy (non-hydrogen) atoms. The third kappa shape index (κ3) is 3.62. The number of pyridine rings is 1. The fourth-order valence-corrected chi connectivity index (χ4v) is 5.75. The lowest BCUT2D eigenvalue weighted by atomic mass is 9.85. The Bertz CT molecular complexity index is 1330. The zero-order valence-corrected chi connectivity index (χ0v) is 18.5. The molecule has 0 spiro atoms. The number of anilines is 2. The number of terminal acetylenes is 1. The van der Waals surface area contributed by atoms with E-state index in [1.807, 2.05) is 6.92 Å². The van der Waals surface area contributed by atoms with Crippen LogP contribution in [0.5, 0.6) is 5.75 Å². The largest absolute Gasteiger partial charge is 0.479 e. The van der Waals surface area contributed by atoms with Crippen LogP contribution in [0.4, 0.5) is 20.3 Å². The molecule has 7 nitrogen and oxygen atoms in total. The number of halogens is 2. The lowest BCUT2D eigenvalue weighted by Gasteiger charge is -2.33. The van der Waals surface area contributed by atoms with Crippen molar-refractivity contribution >= 4 is 39.5 Å². The fraction of sp³-hybridized carbons (Fsp3) is 0.304. The normalized spacial score (nSPS) is 25.6. The van der Waals surface area contributed by atoms with Gasteiger partial charge in [0.25, 0.3) is 0 Å². The van der Waals surface area contributed by atoms with E-state index in [1.165, 1.54) is 30.4 Å². The van der Waals surface area contributed by atoms with Crippen LogP contribution in [0.15, 0.2) is 41.8 Å². The highest BCUT2D eigenvalue weighted by Crippen LogP contribution is 2.66. The smallest absolute Gasteiger partial charge is 0.160 e. The molecule has 3 aromatic rings. The molecule has 0 amide bonds. The van der Waals surface area contributed by atoms with Crippen LogP contribution in [-0.2, 0) is 5.54 Å². The van der Waals surface area contributed by atoms with E-state index in [0.717, 1.165) is 0 Å². The van der Waals surface area contributed by atoms with Crippen LogP contribution in [0.3, 0.4) is 0 Å². The second-order valence-electron chi connectivity index (χ2n) is 8.23. The van der Waals surface area contributed by atoms with Crippen molar-refractivity contribution in [2.45, 2.75) is 23.6 Å². The van der Waals surface area contributed by atoms with Gasteiger partial charge in [0.05, 0.1) is 22.0 Å². The molecule has 1 saturated carbocycles. The minimum Gasteiger partial charge on any atom is -0.479 e. The molecule has 0 saturated heterocycles. The Morgan fingerprint density at radius 3 is 2.97 bits per heavy atom. The Labute approximate surface area is 193 Å². The molecule has 1 aromatic carbocycles. The fourth-order valence-electron chi connectivity index (χ4n) is 4.42. The number of hydrogen-bond donors (Lipinski definition) is 2. The maximum atomic E-state index is 15.0. The van der Waals surface area contributed by atoms with E-state index in [-0.39, 0.29) is 17.7 Å². The first kappa shape index (κ1) is 21.4. The Morgan fingerprint density at radius 1 is 1.33 bits per heavy atom. The molecule has 2 aliphatic rings. The predicted molar refractivity (Wildman–Crippen MR) is 125 cm³/mol. The molecule has 3 heterocycles. The van der Waals surface area contributed by atoms with Gasteiger partial charge in [0.1, 0.15) is 36.7 Å². The molecular formula is C23H20F2N6OS. The van der Waals surface area contributed by atoms with Crippen LogP contribution in [0.2, 0.25) is 0 Å². The molecule has 0 bridgehead atoms. The molecule has 1 aliphatic carbocycles. The van der Waals surface area contributed by atoms with E-state index in [4.69, 9.17) is 16.9 Å². The molecule has 3 N–H and O–H groups in total. The Balaban J connectivity index is 1.49. The van der Waals surface area contributed by atoms with Crippen LogP contribution in [-0.4, -0.2) is 38.1 Å². The van der Waals surface area contributed by atoms with Crippen LogP contribution >= 0.6 is 11.8 Å². The van der Waals surface area contributed by atoms with Gasteiger partial charge in [-0.3, -0.25) is 4.99 Å². The highest BCUT2D eigenvalue weighted by molar-refractivity contribution is 8.15. The van der Waals surface area contributed by atoms with Crippen molar-refractivity contribution in [3.05, 3.63) is 48.2 Å². The van der Waals surface area contributed by atoms with Crippen molar-refractivity contribution in [2.24, 2.45) is 16.6 Å². The van der Waals surface area contributed by atoms with Crippen LogP contribution in [0.1, 0.15) is 18.9 Å². The van der Waals surface area contributed by atoms with Gasteiger partial charge in [-0.05, 0) is 31.5 Å². The second kappa shape index (κ2) is 7.85. The molecule has 3 atom stereocenters. The van der Waals surface area contributed by atoms with Gasteiger partial charge < -0.3 is 15.8 Å². The maximum absolute atomic E-state index is 15.0. The van der Waals surface area contributed by atoms with Crippen molar-refractivity contribution in [3.8, 4) is 18.1 Å². The number of alkyl halides is 1. The highest BCUT2D eigenvalue weighted by atomic mass is 32.2. The topological polar surface area (TPSA) is 98.3 Å². The summed E-state index contributed by atoms with van der Waals surface area (Å²) in [6, 6.07) is 6.34. The SMILES string of the molecule is C#CCOc1cnc2c(Nc3ccc(F)c([C@]4(C)N=C(N)S[C@@]5(CF)C[C@H]54)c3)ncnc2c1. The molecule has 1 fully saturated rings. The zero-order chi connectivity index (χ0) is 23.2. The number of rotatable bonds is 6. The summed E-state index contributed by atoms with van der Waals surface area (Å²) in [5.41, 5.74) is 7.05. The van der Waals surface area contributed by atoms with Gasteiger partial charge in [-0.2, -0.15) is 0 Å². The lowest BCUT2D eigenvalue weighted by molar-refractivity contribution is 0.363. The third-order valence-corrected chi connectivity index (χ3v) is 7.39. The molecule has 0 radical (unpaired) electrons. The van der Waals surface area contributed by atoms with Crippen molar-refractivity contribution in [1.82, 2.24) is 15.0 Å². The average molecular weight is 467 g/mol. The Kier molecular flexibility index (Phi) is 5.09. The van der Waals surface area contributed by atoms with Gasteiger partial charge in [0.2, 0.25) is 0 Å². The van der Waals surface area contributed by atoms with E-state index >= 15 is 0 Å². The van der Waals surface area contributed by atoms with Crippen LogP contribution in [0, 0.1) is 24.1 Å². The van der Waals surface area contributed by atoms with Crippen molar-refractivity contribution in [2.75, 3.05) is 18.6 Å². The summed E-state index contributed by atoms with van der Waals surface area (Å²) in [6.45, 7) is 1.40. The monoisotopic (exact) mass is 466 g/mol. The molecule has 10 heteroatoms. The number of nitrogens with two attached hydrogens (primary N) is 1. The van der Waals surface area contributed by atoms with Gasteiger partial charge in [0, 0.05) is 23.2 Å². The molecule has 0 unspecified atom stereocenters. The number of thioether (sulfide) groups is 1. The molecule has 1 aliphatic heterocycles. The highest BCUT2D eigenvalue weighted by Gasteiger charge is 2.66. The van der Waals surface area contributed by atoms with E-state index in [9.17, 15) is 8.78 Å². The van der Waals surface area contributed by atoms with Crippen molar-refractivity contribution in [3.63, 3.8) is 0 Å². The molecule has 5 rings (SSSR count). The number of benzene rings is 1. The van der Waals surface area contributed by atoms with Gasteiger partial charge in [-0.25, -0.2) is 23.7 Å². The van der Waals surface area contributed by atoms with Crippen molar-refractivity contribution < 1.29 is 13.5 Å². The van der Waals surface area contributed by atoms with Crippen molar-refractivity contribution in [1.29, 1.82) is 0 Å². The summed E-state index contributed by atoms with van der Waals surface area (Å²) >= 11 is 1.25. The van der Waals surface area contributed by atoms with Gasteiger partial charge in [-0.1, -0.05) is 17.7 Å². The standard InChI is InChI=1S/C23H20F2N6OS/c1-3-6-32-14-8-17-19(27-10-14)20(29-12-28-17)30-13-4-5-16(25)15(7-13)22(2)18-9-23(18,11-24)33-21(26)31-22/h1,4-5,7-8,10,12,18H,6,9,11H2,2H3,(H2,26,31)(H,28,29,30)/t18-,22-,23+/m0/s1. The van der Waals surface area contributed by atoms with E-state index < -0.39 is 22.8 Å². The van der Waals surface area contributed by atoms with Gasteiger partial charge in [-0.15, -0.1) is 6.42 Å².